The van der Waals surface area contributed by atoms with Crippen molar-refractivity contribution in [3.8, 4) is 0 Å². The standard InChI is InChI=1S/C16H23F3N4O/c17-16(18,19)12-4-6-13(7-5-12)22-15(24)23-8-2-1-3-14(23)11-9-20-21-10-11/h9-10,12-14H,1-8H2,(H,20,21)(H,22,24)/t12?,13?,14-/m1/s1. The van der Waals surface area contributed by atoms with Crippen molar-refractivity contribution in [2.45, 2.75) is 63.2 Å². The predicted octanol–water partition coefficient (Wildman–Crippen LogP) is 3.77. The summed E-state index contributed by atoms with van der Waals surface area (Å²) in [6.45, 7) is 0.666. The number of carbonyl (C=O) groups excluding carboxylic acids is 1. The third-order valence-electron chi connectivity index (χ3n) is 5.19. The lowest BCUT2D eigenvalue weighted by molar-refractivity contribution is -0.182. The van der Waals surface area contributed by atoms with E-state index in [-0.39, 0.29) is 31.0 Å². The molecule has 2 amide bonds. The Kier molecular flexibility index (Phi) is 5.01. The number of H-pyrrole nitrogens is 1. The second-order valence-corrected chi connectivity index (χ2v) is 6.78. The van der Waals surface area contributed by atoms with E-state index < -0.39 is 12.1 Å². The summed E-state index contributed by atoms with van der Waals surface area (Å²) in [5.74, 6) is -1.22. The Bertz CT molecular complexity index is 538. The molecule has 0 unspecified atom stereocenters. The molecule has 0 spiro atoms. The van der Waals surface area contributed by atoms with Crippen LogP contribution in [0.1, 0.15) is 56.6 Å². The number of hydrogen-bond donors (Lipinski definition) is 2. The zero-order chi connectivity index (χ0) is 17.2. The van der Waals surface area contributed by atoms with E-state index in [4.69, 9.17) is 0 Å². The van der Waals surface area contributed by atoms with Gasteiger partial charge in [0.15, 0.2) is 0 Å². The number of aromatic nitrogens is 2. The molecule has 1 saturated heterocycles. The van der Waals surface area contributed by atoms with Gasteiger partial charge in [0.1, 0.15) is 0 Å². The Morgan fingerprint density at radius 2 is 1.96 bits per heavy atom. The number of aromatic amines is 1. The van der Waals surface area contributed by atoms with Gasteiger partial charge in [-0.25, -0.2) is 4.79 Å². The molecule has 0 radical (unpaired) electrons. The Morgan fingerprint density at radius 1 is 1.21 bits per heavy atom. The van der Waals surface area contributed by atoms with Crippen molar-refractivity contribution in [1.82, 2.24) is 20.4 Å². The average Bonchev–Trinajstić information content (AvgIpc) is 3.09. The summed E-state index contributed by atoms with van der Waals surface area (Å²) < 4.78 is 38.2. The van der Waals surface area contributed by atoms with Gasteiger partial charge in [-0.05, 0) is 44.9 Å². The van der Waals surface area contributed by atoms with Crippen molar-refractivity contribution in [3.63, 3.8) is 0 Å². The van der Waals surface area contributed by atoms with Gasteiger partial charge in [0.25, 0.3) is 0 Å². The molecule has 3 rings (SSSR count). The van der Waals surface area contributed by atoms with Crippen LogP contribution in [0, 0.1) is 5.92 Å². The monoisotopic (exact) mass is 344 g/mol. The highest BCUT2D eigenvalue weighted by Crippen LogP contribution is 2.37. The van der Waals surface area contributed by atoms with Crippen LogP contribution in [0.4, 0.5) is 18.0 Å². The molecule has 8 heteroatoms. The maximum Gasteiger partial charge on any atom is 0.391 e. The number of halogens is 3. The van der Waals surface area contributed by atoms with E-state index in [9.17, 15) is 18.0 Å². The lowest BCUT2D eigenvalue weighted by Crippen LogP contribution is -2.49. The molecule has 2 fully saturated rings. The van der Waals surface area contributed by atoms with Gasteiger partial charge in [-0.3, -0.25) is 5.10 Å². The Hall–Kier alpha value is -1.73. The van der Waals surface area contributed by atoms with Crippen LogP contribution in [-0.4, -0.2) is 39.9 Å². The molecule has 1 atom stereocenters. The van der Waals surface area contributed by atoms with Crippen LogP contribution in [-0.2, 0) is 0 Å². The summed E-state index contributed by atoms with van der Waals surface area (Å²) in [5.41, 5.74) is 0.977. The van der Waals surface area contributed by atoms with Crippen LogP contribution >= 0.6 is 0 Å². The number of urea groups is 1. The van der Waals surface area contributed by atoms with Crippen LogP contribution in [0.15, 0.2) is 12.4 Å². The maximum atomic E-state index is 12.7. The second-order valence-electron chi connectivity index (χ2n) is 6.78. The molecule has 5 nitrogen and oxygen atoms in total. The summed E-state index contributed by atoms with van der Waals surface area (Å²) >= 11 is 0. The lowest BCUT2D eigenvalue weighted by atomic mass is 9.85. The number of piperidine rings is 1. The zero-order valence-corrected chi connectivity index (χ0v) is 13.5. The summed E-state index contributed by atoms with van der Waals surface area (Å²) in [6, 6.07) is -0.344. The number of nitrogens with one attached hydrogen (secondary N) is 2. The Balaban J connectivity index is 1.56. The molecule has 2 heterocycles. The largest absolute Gasteiger partial charge is 0.391 e. The van der Waals surface area contributed by atoms with Crippen molar-refractivity contribution in [3.05, 3.63) is 18.0 Å². The number of amides is 2. The SMILES string of the molecule is O=C(NC1CCC(C(F)(F)F)CC1)N1CCCC[C@@H]1c1cn[nH]c1. The minimum atomic E-state index is -4.12. The van der Waals surface area contributed by atoms with Crippen LogP contribution in [0.5, 0.6) is 0 Å². The fourth-order valence-corrected chi connectivity index (χ4v) is 3.79. The molecule has 1 saturated carbocycles. The zero-order valence-electron chi connectivity index (χ0n) is 13.5. The number of alkyl halides is 3. The van der Waals surface area contributed by atoms with Crippen LogP contribution in [0.2, 0.25) is 0 Å². The van der Waals surface area contributed by atoms with E-state index in [0.29, 0.717) is 19.4 Å². The highest BCUT2D eigenvalue weighted by molar-refractivity contribution is 5.75. The highest BCUT2D eigenvalue weighted by Gasteiger charge is 2.42. The van der Waals surface area contributed by atoms with Gasteiger partial charge in [0.2, 0.25) is 0 Å². The number of carbonyl (C=O) groups is 1. The summed E-state index contributed by atoms with van der Waals surface area (Å²) in [7, 11) is 0. The molecule has 0 bridgehead atoms. The smallest absolute Gasteiger partial charge is 0.335 e. The van der Waals surface area contributed by atoms with Crippen molar-refractivity contribution < 1.29 is 18.0 Å². The highest BCUT2D eigenvalue weighted by atomic mass is 19.4. The van der Waals surface area contributed by atoms with E-state index >= 15 is 0 Å². The third-order valence-corrected chi connectivity index (χ3v) is 5.19. The topological polar surface area (TPSA) is 61.0 Å². The summed E-state index contributed by atoms with van der Waals surface area (Å²) in [4.78, 5) is 14.4. The molecule has 24 heavy (non-hydrogen) atoms. The molecule has 134 valence electrons. The Labute approximate surface area is 139 Å². The summed E-state index contributed by atoms with van der Waals surface area (Å²) in [5, 5.41) is 9.66. The van der Waals surface area contributed by atoms with E-state index in [1.807, 2.05) is 0 Å². The van der Waals surface area contributed by atoms with Crippen LogP contribution in [0.3, 0.4) is 0 Å². The van der Waals surface area contributed by atoms with Gasteiger partial charge in [0, 0.05) is 24.3 Å². The van der Waals surface area contributed by atoms with Crippen molar-refractivity contribution in [2.24, 2.45) is 5.92 Å². The molecular weight excluding hydrogens is 321 g/mol. The van der Waals surface area contributed by atoms with Crippen molar-refractivity contribution in [1.29, 1.82) is 0 Å². The summed E-state index contributed by atoms with van der Waals surface area (Å²) in [6.07, 6.45) is 3.26. The van der Waals surface area contributed by atoms with Crippen molar-refractivity contribution >= 4 is 6.03 Å². The van der Waals surface area contributed by atoms with Crippen LogP contribution < -0.4 is 5.32 Å². The number of rotatable bonds is 2. The first kappa shape index (κ1) is 17.1. The molecule has 1 aliphatic carbocycles. The van der Waals surface area contributed by atoms with Gasteiger partial charge in [-0.15, -0.1) is 0 Å². The van der Waals surface area contributed by atoms with Gasteiger partial charge >= 0.3 is 12.2 Å². The lowest BCUT2D eigenvalue weighted by Gasteiger charge is -2.37. The van der Waals surface area contributed by atoms with Crippen molar-refractivity contribution in [2.75, 3.05) is 6.54 Å². The van der Waals surface area contributed by atoms with Gasteiger partial charge in [0.05, 0.1) is 18.2 Å². The van der Waals surface area contributed by atoms with E-state index in [2.05, 4.69) is 15.5 Å². The van der Waals surface area contributed by atoms with Gasteiger partial charge in [-0.2, -0.15) is 18.3 Å². The molecule has 0 aromatic carbocycles. The fourth-order valence-electron chi connectivity index (χ4n) is 3.79. The number of likely N-dealkylation sites (tertiary alicyclic amines) is 1. The van der Waals surface area contributed by atoms with Gasteiger partial charge < -0.3 is 10.2 Å². The number of nitrogens with zero attached hydrogens (tertiary/aromatic N) is 2. The van der Waals surface area contributed by atoms with Gasteiger partial charge in [-0.1, -0.05) is 0 Å². The predicted molar refractivity (Wildman–Crippen MR) is 82.2 cm³/mol. The van der Waals surface area contributed by atoms with E-state index in [0.717, 1.165) is 24.8 Å². The molecule has 1 aliphatic heterocycles. The number of hydrogen-bond acceptors (Lipinski definition) is 2. The average molecular weight is 344 g/mol. The van der Waals surface area contributed by atoms with Crippen LogP contribution in [0.25, 0.3) is 0 Å². The minimum absolute atomic E-state index is 0.0102. The van der Waals surface area contributed by atoms with E-state index in [1.165, 1.54) is 0 Å². The third kappa shape index (κ3) is 3.84. The second kappa shape index (κ2) is 7.03. The first-order valence-electron chi connectivity index (χ1n) is 8.57. The fraction of sp³-hybridized carbons (Fsp3) is 0.750. The normalized spacial score (nSPS) is 28.6. The first-order chi connectivity index (χ1) is 11.4. The molecule has 2 N–H and O–H groups in total. The maximum absolute atomic E-state index is 12.7. The molecular formula is C16H23F3N4O. The molecule has 1 aromatic rings. The van der Waals surface area contributed by atoms with E-state index in [1.54, 1.807) is 17.3 Å². The molecule has 1 aromatic heterocycles. The quantitative estimate of drug-likeness (QED) is 0.858. The first-order valence-corrected chi connectivity index (χ1v) is 8.57. The molecule has 2 aliphatic rings. The Morgan fingerprint density at radius 3 is 2.58 bits per heavy atom. The minimum Gasteiger partial charge on any atom is -0.335 e.